The first-order valence-corrected chi connectivity index (χ1v) is 6.65. The normalized spacial score (nSPS) is 10.9. The van der Waals surface area contributed by atoms with E-state index in [0.717, 1.165) is 6.26 Å². The number of hydrogen-bond donors (Lipinski definition) is 2. The number of carboxylic acids is 1. The first-order chi connectivity index (χ1) is 7.78. The van der Waals surface area contributed by atoms with Crippen LogP contribution in [-0.2, 0) is 14.6 Å². The molecular formula is C10H11NO5S. The molecule has 0 radical (unpaired) electrons. The van der Waals surface area contributed by atoms with Crippen LogP contribution in [0.25, 0.3) is 0 Å². The smallest absolute Gasteiger partial charge is 0.335 e. The van der Waals surface area contributed by atoms with Gasteiger partial charge in [0.1, 0.15) is 5.75 Å². The van der Waals surface area contributed by atoms with Gasteiger partial charge in [-0.25, -0.2) is 13.2 Å². The summed E-state index contributed by atoms with van der Waals surface area (Å²) < 4.78 is 21.7. The molecule has 1 aromatic rings. The number of amides is 1. The van der Waals surface area contributed by atoms with Crippen molar-refractivity contribution in [1.29, 1.82) is 0 Å². The van der Waals surface area contributed by atoms with Crippen molar-refractivity contribution in [1.82, 2.24) is 0 Å². The minimum atomic E-state index is -3.40. The monoisotopic (exact) mass is 257 g/mol. The molecule has 0 spiro atoms. The van der Waals surface area contributed by atoms with Gasteiger partial charge in [-0.1, -0.05) is 6.07 Å². The van der Waals surface area contributed by atoms with E-state index in [4.69, 9.17) is 5.11 Å². The van der Waals surface area contributed by atoms with Crippen LogP contribution in [0.15, 0.2) is 24.3 Å². The first kappa shape index (κ1) is 13.2. The zero-order valence-corrected chi connectivity index (χ0v) is 9.82. The molecule has 0 bridgehead atoms. The van der Waals surface area contributed by atoms with Crippen LogP contribution >= 0.6 is 0 Å². The maximum atomic E-state index is 11.3. The summed E-state index contributed by atoms with van der Waals surface area (Å²) in [6.07, 6.45) is 0.945. The van der Waals surface area contributed by atoms with Gasteiger partial charge < -0.3 is 10.4 Å². The van der Waals surface area contributed by atoms with Crippen LogP contribution in [0.2, 0.25) is 0 Å². The van der Waals surface area contributed by atoms with Gasteiger partial charge in [-0.2, -0.15) is 0 Å². The molecule has 6 nitrogen and oxygen atoms in total. The van der Waals surface area contributed by atoms with Crippen LogP contribution < -0.4 is 5.32 Å². The SMILES string of the molecule is CS(=O)(=O)CC(=O)Nc1cccc(C(=O)O)c1. The van der Waals surface area contributed by atoms with Gasteiger partial charge >= 0.3 is 5.97 Å². The summed E-state index contributed by atoms with van der Waals surface area (Å²) in [5.74, 6) is -2.45. The predicted molar refractivity (Wildman–Crippen MR) is 61.7 cm³/mol. The Hall–Kier alpha value is -1.89. The minimum Gasteiger partial charge on any atom is -0.478 e. The summed E-state index contributed by atoms with van der Waals surface area (Å²) in [5, 5.41) is 11.0. The molecule has 0 aromatic heterocycles. The number of hydrogen-bond acceptors (Lipinski definition) is 4. The van der Waals surface area contributed by atoms with Crippen molar-refractivity contribution in [2.24, 2.45) is 0 Å². The Bertz CT molecular complexity index is 550. The van der Waals surface area contributed by atoms with Crippen LogP contribution in [0.4, 0.5) is 5.69 Å². The van der Waals surface area contributed by atoms with E-state index in [0.29, 0.717) is 0 Å². The fourth-order valence-electron chi connectivity index (χ4n) is 1.17. The lowest BCUT2D eigenvalue weighted by Gasteiger charge is -2.04. The Morgan fingerprint density at radius 1 is 1.35 bits per heavy atom. The largest absolute Gasteiger partial charge is 0.478 e. The van der Waals surface area contributed by atoms with Gasteiger partial charge in [-0.05, 0) is 18.2 Å². The summed E-state index contributed by atoms with van der Waals surface area (Å²) in [6.45, 7) is 0. The van der Waals surface area contributed by atoms with Crippen molar-refractivity contribution >= 4 is 27.4 Å². The van der Waals surface area contributed by atoms with E-state index in [1.165, 1.54) is 24.3 Å². The molecule has 0 saturated heterocycles. The Morgan fingerprint density at radius 2 is 2.00 bits per heavy atom. The van der Waals surface area contributed by atoms with Crippen molar-refractivity contribution in [3.63, 3.8) is 0 Å². The highest BCUT2D eigenvalue weighted by molar-refractivity contribution is 7.91. The number of carbonyl (C=O) groups is 2. The molecule has 1 rings (SSSR count). The second-order valence-corrected chi connectivity index (χ2v) is 5.64. The molecule has 0 aliphatic rings. The number of sulfone groups is 1. The average Bonchev–Trinajstić information content (AvgIpc) is 2.14. The van der Waals surface area contributed by atoms with Crippen molar-refractivity contribution in [2.45, 2.75) is 0 Å². The second kappa shape index (κ2) is 4.96. The number of nitrogens with one attached hydrogen (secondary N) is 1. The van der Waals surface area contributed by atoms with Gasteiger partial charge in [-0.3, -0.25) is 4.79 Å². The molecule has 0 heterocycles. The number of anilines is 1. The highest BCUT2D eigenvalue weighted by Crippen LogP contribution is 2.10. The lowest BCUT2D eigenvalue weighted by atomic mass is 10.2. The molecule has 92 valence electrons. The Morgan fingerprint density at radius 3 is 2.53 bits per heavy atom. The highest BCUT2D eigenvalue weighted by atomic mass is 32.2. The van der Waals surface area contributed by atoms with E-state index in [-0.39, 0.29) is 11.3 Å². The fraction of sp³-hybridized carbons (Fsp3) is 0.200. The number of carboxylic acid groups (broad SMARTS) is 1. The van der Waals surface area contributed by atoms with Gasteiger partial charge in [0.25, 0.3) is 0 Å². The molecule has 1 amide bonds. The van der Waals surface area contributed by atoms with Crippen molar-refractivity contribution in [3.05, 3.63) is 29.8 Å². The van der Waals surface area contributed by atoms with Crippen LogP contribution in [0, 0.1) is 0 Å². The quantitative estimate of drug-likeness (QED) is 0.811. The molecule has 0 fully saturated rings. The summed E-state index contributed by atoms with van der Waals surface area (Å²) in [4.78, 5) is 21.9. The van der Waals surface area contributed by atoms with E-state index in [2.05, 4.69) is 5.32 Å². The predicted octanol–water partition coefficient (Wildman–Crippen LogP) is 0.368. The fourth-order valence-corrected chi connectivity index (χ4v) is 1.71. The standard InChI is InChI=1S/C10H11NO5S/c1-17(15,16)6-9(12)11-8-4-2-3-7(5-8)10(13)14/h2-5H,6H2,1H3,(H,11,12)(H,13,14). The van der Waals surface area contributed by atoms with Crippen molar-refractivity contribution in [3.8, 4) is 0 Å². The van der Waals surface area contributed by atoms with Crippen molar-refractivity contribution < 1.29 is 23.1 Å². The molecule has 2 N–H and O–H groups in total. The molecule has 0 aliphatic carbocycles. The zero-order chi connectivity index (χ0) is 13.1. The first-order valence-electron chi connectivity index (χ1n) is 4.59. The van der Waals surface area contributed by atoms with Gasteiger partial charge in [0.2, 0.25) is 5.91 Å². The topological polar surface area (TPSA) is 101 Å². The molecule has 0 aliphatic heterocycles. The van der Waals surface area contributed by atoms with Crippen LogP contribution in [0.5, 0.6) is 0 Å². The highest BCUT2D eigenvalue weighted by Gasteiger charge is 2.11. The third-order valence-corrected chi connectivity index (χ3v) is 2.57. The van der Waals surface area contributed by atoms with E-state index in [9.17, 15) is 18.0 Å². The van der Waals surface area contributed by atoms with Crippen LogP contribution in [-0.4, -0.2) is 37.4 Å². The lowest BCUT2D eigenvalue weighted by Crippen LogP contribution is -2.22. The second-order valence-electron chi connectivity index (χ2n) is 3.50. The van der Waals surface area contributed by atoms with Crippen LogP contribution in [0.1, 0.15) is 10.4 Å². The van der Waals surface area contributed by atoms with Gasteiger partial charge in [0, 0.05) is 11.9 Å². The Balaban J connectivity index is 2.79. The molecule has 0 atom stereocenters. The number of aromatic carboxylic acids is 1. The van der Waals surface area contributed by atoms with E-state index >= 15 is 0 Å². The summed E-state index contributed by atoms with van der Waals surface area (Å²) in [5.41, 5.74) is 0.265. The van der Waals surface area contributed by atoms with Crippen LogP contribution in [0.3, 0.4) is 0 Å². The Kier molecular flexibility index (Phi) is 3.84. The Labute approximate surface area is 98.2 Å². The number of benzene rings is 1. The van der Waals surface area contributed by atoms with E-state index in [1.807, 2.05) is 0 Å². The summed E-state index contributed by atoms with van der Waals surface area (Å²) in [7, 11) is -3.40. The van der Waals surface area contributed by atoms with E-state index in [1.54, 1.807) is 0 Å². The maximum Gasteiger partial charge on any atom is 0.335 e. The van der Waals surface area contributed by atoms with Gasteiger partial charge in [-0.15, -0.1) is 0 Å². The molecule has 0 unspecified atom stereocenters. The molecule has 17 heavy (non-hydrogen) atoms. The molecule has 0 saturated carbocycles. The van der Waals surface area contributed by atoms with E-state index < -0.39 is 27.5 Å². The number of carbonyl (C=O) groups excluding carboxylic acids is 1. The average molecular weight is 257 g/mol. The van der Waals surface area contributed by atoms with Crippen molar-refractivity contribution in [2.75, 3.05) is 17.3 Å². The number of rotatable bonds is 4. The molecule has 7 heteroatoms. The third-order valence-electron chi connectivity index (χ3n) is 1.79. The zero-order valence-electron chi connectivity index (χ0n) is 9.00. The maximum absolute atomic E-state index is 11.3. The minimum absolute atomic E-state index is 0.0159. The molecular weight excluding hydrogens is 246 g/mol. The van der Waals surface area contributed by atoms with Gasteiger partial charge in [0.05, 0.1) is 5.56 Å². The summed E-state index contributed by atoms with van der Waals surface area (Å²) in [6, 6.07) is 5.56. The van der Waals surface area contributed by atoms with Gasteiger partial charge in [0.15, 0.2) is 9.84 Å². The molecule has 1 aromatic carbocycles. The lowest BCUT2D eigenvalue weighted by molar-refractivity contribution is -0.113. The third kappa shape index (κ3) is 4.64. The summed E-state index contributed by atoms with van der Waals surface area (Å²) >= 11 is 0.